The second-order valence-electron chi connectivity index (χ2n) is 12.4. The van der Waals surface area contributed by atoms with Crippen molar-refractivity contribution in [2.24, 2.45) is 13.0 Å². The lowest BCUT2D eigenvalue weighted by atomic mass is 9.83. The molecule has 1 aromatic carbocycles. The summed E-state index contributed by atoms with van der Waals surface area (Å²) in [7, 11) is 2.86. The van der Waals surface area contributed by atoms with Crippen LogP contribution in [0.25, 0.3) is 10.9 Å². The Hall–Kier alpha value is -4.02. The highest BCUT2D eigenvalue weighted by Gasteiger charge is 2.38. The Morgan fingerprint density at radius 1 is 0.939 bits per heavy atom. The number of carbonyl (C=O) groups is 4. The van der Waals surface area contributed by atoms with E-state index in [4.69, 9.17) is 19.3 Å². The third-order valence-corrected chi connectivity index (χ3v) is 9.31. The number of hydrogen-bond acceptors (Lipinski definition) is 8. The van der Waals surface area contributed by atoms with Gasteiger partial charge in [-0.05, 0) is 31.7 Å². The van der Waals surface area contributed by atoms with E-state index in [0.29, 0.717) is 0 Å². The van der Waals surface area contributed by atoms with Gasteiger partial charge in [0.2, 0.25) is 11.8 Å². The quantitative estimate of drug-likeness (QED) is 0.237. The molecule has 1 aliphatic heterocycles. The molecule has 1 saturated heterocycles. The van der Waals surface area contributed by atoms with Crippen LogP contribution in [0.3, 0.4) is 0 Å². The SMILES string of the molecule is C[C@@H](C(=O)N[C@H](C(=O)N1CCN(C(=O)c2c(OCCOCCOCCO)c3cc(F)c(F)cc3n2C)CC1)C1CCCCC1)N(C)C(=O)O. The maximum Gasteiger partial charge on any atom is 0.407 e. The van der Waals surface area contributed by atoms with E-state index in [0.717, 1.165) is 49.1 Å². The molecule has 1 aromatic heterocycles. The number of benzene rings is 1. The fourth-order valence-corrected chi connectivity index (χ4v) is 6.31. The van der Waals surface area contributed by atoms with Crippen LogP contribution in [0.2, 0.25) is 0 Å². The van der Waals surface area contributed by atoms with Gasteiger partial charge in [-0.25, -0.2) is 13.6 Å². The fourth-order valence-electron chi connectivity index (χ4n) is 6.31. The molecular formula is C33H47F2N5O9. The van der Waals surface area contributed by atoms with Crippen molar-refractivity contribution in [2.45, 2.75) is 51.1 Å². The molecule has 0 spiro atoms. The van der Waals surface area contributed by atoms with Gasteiger partial charge in [0.1, 0.15) is 18.7 Å². The Bertz CT molecular complexity index is 1470. The average Bonchev–Trinajstić information content (AvgIpc) is 3.36. The van der Waals surface area contributed by atoms with Crippen molar-refractivity contribution in [2.75, 3.05) is 72.9 Å². The van der Waals surface area contributed by atoms with Gasteiger partial charge in [-0.1, -0.05) is 19.3 Å². The maximum absolute atomic E-state index is 14.3. The number of aryl methyl sites for hydroxylation is 1. The molecule has 4 rings (SSSR count). The number of halogens is 2. The molecule has 16 heteroatoms. The lowest BCUT2D eigenvalue weighted by Gasteiger charge is -2.39. The van der Waals surface area contributed by atoms with Crippen LogP contribution in [0, 0.1) is 17.6 Å². The van der Waals surface area contributed by atoms with Crippen molar-refractivity contribution in [3.63, 3.8) is 0 Å². The first-order valence-corrected chi connectivity index (χ1v) is 16.7. The highest BCUT2D eigenvalue weighted by Crippen LogP contribution is 2.35. The third kappa shape index (κ3) is 9.16. The van der Waals surface area contributed by atoms with Crippen molar-refractivity contribution in [1.82, 2.24) is 24.6 Å². The monoisotopic (exact) mass is 695 g/mol. The Balaban J connectivity index is 1.46. The predicted molar refractivity (Wildman–Crippen MR) is 173 cm³/mol. The number of carboxylic acid groups (broad SMARTS) is 1. The normalized spacial score (nSPS) is 16.8. The fraction of sp³-hybridized carbons (Fsp3) is 0.636. The number of hydrogen-bond donors (Lipinski definition) is 3. The summed E-state index contributed by atoms with van der Waals surface area (Å²) in [4.78, 5) is 56.4. The van der Waals surface area contributed by atoms with Crippen molar-refractivity contribution >= 4 is 34.7 Å². The summed E-state index contributed by atoms with van der Waals surface area (Å²) in [5.74, 6) is -3.45. The smallest absolute Gasteiger partial charge is 0.407 e. The number of amides is 4. The number of nitrogens with zero attached hydrogens (tertiary/aromatic N) is 4. The molecule has 2 aliphatic rings. The second-order valence-corrected chi connectivity index (χ2v) is 12.4. The zero-order valence-electron chi connectivity index (χ0n) is 28.3. The molecule has 0 radical (unpaired) electrons. The summed E-state index contributed by atoms with van der Waals surface area (Å²) in [5.41, 5.74) is 0.355. The van der Waals surface area contributed by atoms with Crippen LogP contribution in [-0.2, 0) is 26.1 Å². The average molecular weight is 696 g/mol. The summed E-state index contributed by atoms with van der Waals surface area (Å²) in [6.07, 6.45) is 3.14. The van der Waals surface area contributed by atoms with E-state index in [1.54, 1.807) is 16.8 Å². The van der Waals surface area contributed by atoms with E-state index in [2.05, 4.69) is 5.32 Å². The van der Waals surface area contributed by atoms with Crippen molar-refractivity contribution in [3.05, 3.63) is 29.5 Å². The molecule has 1 aliphatic carbocycles. The Morgan fingerprint density at radius 3 is 2.16 bits per heavy atom. The van der Waals surface area contributed by atoms with Crippen LogP contribution in [0.1, 0.15) is 49.5 Å². The van der Waals surface area contributed by atoms with Gasteiger partial charge >= 0.3 is 6.09 Å². The molecule has 3 N–H and O–H groups in total. The molecule has 1 saturated carbocycles. The zero-order chi connectivity index (χ0) is 35.7. The van der Waals surface area contributed by atoms with Crippen LogP contribution in [0.15, 0.2) is 12.1 Å². The maximum atomic E-state index is 14.3. The van der Waals surface area contributed by atoms with Crippen LogP contribution in [0.4, 0.5) is 13.6 Å². The minimum atomic E-state index is -1.26. The predicted octanol–water partition coefficient (Wildman–Crippen LogP) is 2.21. The van der Waals surface area contributed by atoms with Crippen LogP contribution >= 0.6 is 0 Å². The van der Waals surface area contributed by atoms with Gasteiger partial charge in [-0.3, -0.25) is 19.3 Å². The standard InChI is InChI=1S/C33H47F2N5O9/c1-21(37(2)33(45)46)30(42)36-27(22-7-5-4-6-8-22)31(43)39-9-11-40(12-10-39)32(44)28-29(49-18-17-48-16-15-47-14-13-41)23-19-24(34)25(35)20-26(23)38(28)3/h19-22,27,41H,4-18H2,1-3H3,(H,36,42)(H,45,46)/t21-,27-/m0/s1. The minimum Gasteiger partial charge on any atom is -0.488 e. The number of piperazine rings is 1. The van der Waals surface area contributed by atoms with Crippen LogP contribution in [-0.4, -0.2) is 138 Å². The summed E-state index contributed by atoms with van der Waals surface area (Å²) in [6, 6.07) is 0.175. The molecule has 2 fully saturated rings. The Kier molecular flexibility index (Phi) is 13.6. The topological polar surface area (TPSA) is 163 Å². The Labute approximate surface area is 283 Å². The first-order chi connectivity index (χ1) is 23.5. The minimum absolute atomic E-state index is 0.00974. The molecule has 2 aromatic rings. The van der Waals surface area contributed by atoms with Gasteiger partial charge in [0.05, 0.1) is 38.6 Å². The van der Waals surface area contributed by atoms with Gasteiger partial charge < -0.3 is 44.1 Å². The van der Waals surface area contributed by atoms with Gasteiger partial charge in [-0.2, -0.15) is 0 Å². The number of aliphatic hydroxyl groups excluding tert-OH is 1. The largest absolute Gasteiger partial charge is 0.488 e. The molecule has 2 heterocycles. The molecule has 4 amide bonds. The van der Waals surface area contributed by atoms with E-state index < -0.39 is 41.6 Å². The number of carbonyl (C=O) groups excluding carboxylic acids is 3. The number of ether oxygens (including phenoxy) is 3. The Morgan fingerprint density at radius 2 is 1.53 bits per heavy atom. The molecule has 0 bridgehead atoms. The summed E-state index contributed by atoms with van der Waals surface area (Å²) in [5, 5.41) is 21.2. The molecule has 49 heavy (non-hydrogen) atoms. The van der Waals surface area contributed by atoms with Crippen molar-refractivity contribution < 1.29 is 52.4 Å². The van der Waals surface area contributed by atoms with Gasteiger partial charge in [-0.15, -0.1) is 0 Å². The van der Waals surface area contributed by atoms with Crippen molar-refractivity contribution in [3.8, 4) is 5.75 Å². The number of aromatic nitrogens is 1. The van der Waals surface area contributed by atoms with E-state index >= 15 is 0 Å². The molecule has 272 valence electrons. The van der Waals surface area contributed by atoms with E-state index in [9.17, 15) is 33.1 Å². The number of aliphatic hydroxyl groups is 1. The molecule has 0 unspecified atom stereocenters. The second kappa shape index (κ2) is 17.6. The molecule has 14 nitrogen and oxygen atoms in total. The van der Waals surface area contributed by atoms with Crippen molar-refractivity contribution in [1.29, 1.82) is 0 Å². The number of fused-ring (bicyclic) bond motifs is 1. The van der Waals surface area contributed by atoms with Gasteiger partial charge in [0.25, 0.3) is 5.91 Å². The lowest BCUT2D eigenvalue weighted by molar-refractivity contribution is -0.140. The number of rotatable bonds is 15. The summed E-state index contributed by atoms with van der Waals surface area (Å²) in [6.45, 7) is 2.90. The summed E-state index contributed by atoms with van der Waals surface area (Å²) >= 11 is 0. The third-order valence-electron chi connectivity index (χ3n) is 9.31. The van der Waals surface area contributed by atoms with Gasteiger partial charge in [0, 0.05) is 51.7 Å². The molecular weight excluding hydrogens is 648 g/mol. The first kappa shape index (κ1) is 37.8. The van der Waals surface area contributed by atoms with Crippen LogP contribution < -0.4 is 10.1 Å². The zero-order valence-corrected chi connectivity index (χ0v) is 28.3. The summed E-state index contributed by atoms with van der Waals surface area (Å²) < 4.78 is 46.6. The highest BCUT2D eigenvalue weighted by molar-refractivity contribution is 6.04. The van der Waals surface area contributed by atoms with Crippen LogP contribution in [0.5, 0.6) is 5.75 Å². The molecule has 2 atom stereocenters. The van der Waals surface area contributed by atoms with Gasteiger partial charge in [0.15, 0.2) is 23.1 Å². The lowest BCUT2D eigenvalue weighted by Crippen LogP contribution is -2.59. The highest BCUT2D eigenvalue weighted by atomic mass is 19.2. The van der Waals surface area contributed by atoms with E-state index in [-0.39, 0.29) is 100.0 Å². The van der Waals surface area contributed by atoms with E-state index in [1.165, 1.54) is 18.5 Å². The number of nitrogens with one attached hydrogen (secondary N) is 1. The first-order valence-electron chi connectivity index (χ1n) is 16.7. The number of likely N-dealkylation sites (N-methyl/N-ethyl adjacent to an activating group) is 1. The van der Waals surface area contributed by atoms with E-state index in [1.807, 2.05) is 0 Å².